The van der Waals surface area contributed by atoms with Gasteiger partial charge in [-0.15, -0.1) is 0 Å². The molecule has 0 spiro atoms. The van der Waals surface area contributed by atoms with Crippen molar-refractivity contribution in [1.29, 1.82) is 0 Å². The first-order chi connectivity index (χ1) is 7.54. The molecule has 16 heavy (non-hydrogen) atoms. The van der Waals surface area contributed by atoms with E-state index < -0.39 is 0 Å². The molecular formula is C14H22O2. The lowest BCUT2D eigenvalue weighted by Crippen LogP contribution is -2.11. The first-order valence-electron chi connectivity index (χ1n) is 5.52. The van der Waals surface area contributed by atoms with Gasteiger partial charge in [0.1, 0.15) is 6.29 Å². The van der Waals surface area contributed by atoms with E-state index in [2.05, 4.69) is 45.0 Å². The molecule has 1 aromatic carbocycles. The van der Waals surface area contributed by atoms with E-state index in [1.807, 2.05) is 0 Å². The topological polar surface area (TPSA) is 37.3 Å². The Labute approximate surface area is 98.3 Å². The molecule has 2 heteroatoms. The molecule has 2 nitrogen and oxygen atoms in total. The molecule has 90 valence electrons. The Morgan fingerprint density at radius 3 is 2.38 bits per heavy atom. The van der Waals surface area contributed by atoms with Crippen LogP contribution in [-0.4, -0.2) is 18.5 Å². The molecule has 0 aliphatic heterocycles. The van der Waals surface area contributed by atoms with E-state index in [1.54, 1.807) is 0 Å². The number of rotatable bonds is 3. The van der Waals surface area contributed by atoms with E-state index in [4.69, 9.17) is 5.11 Å². The fourth-order valence-electron chi connectivity index (χ4n) is 1.42. The highest BCUT2D eigenvalue weighted by Gasteiger charge is 2.13. The number of benzene rings is 1. The van der Waals surface area contributed by atoms with Crippen molar-refractivity contribution in [2.45, 2.75) is 39.0 Å². The summed E-state index contributed by atoms with van der Waals surface area (Å²) in [6.45, 7) is 6.60. The summed E-state index contributed by atoms with van der Waals surface area (Å²) in [7, 11) is 1.00. The summed E-state index contributed by atoms with van der Waals surface area (Å²) in [5.74, 6) is 0. The van der Waals surface area contributed by atoms with E-state index in [0.29, 0.717) is 6.42 Å². The smallest absolute Gasteiger partial charge is 0.120 e. The SMILES string of the molecule is CC(C)(C)c1cccc(CCC=O)c1.CO. The second-order valence-electron chi connectivity index (χ2n) is 4.66. The molecule has 0 amide bonds. The fraction of sp³-hybridized carbons (Fsp3) is 0.500. The maximum Gasteiger partial charge on any atom is 0.120 e. The number of hydrogen-bond acceptors (Lipinski definition) is 2. The first kappa shape index (κ1) is 14.8. The second-order valence-corrected chi connectivity index (χ2v) is 4.66. The van der Waals surface area contributed by atoms with Gasteiger partial charge in [0.2, 0.25) is 0 Å². The zero-order chi connectivity index (χ0) is 12.6. The summed E-state index contributed by atoms with van der Waals surface area (Å²) in [6, 6.07) is 8.49. The maximum atomic E-state index is 10.3. The van der Waals surface area contributed by atoms with Crippen molar-refractivity contribution in [2.24, 2.45) is 0 Å². The minimum Gasteiger partial charge on any atom is -0.400 e. The maximum absolute atomic E-state index is 10.3. The van der Waals surface area contributed by atoms with Gasteiger partial charge in [0.05, 0.1) is 0 Å². The van der Waals surface area contributed by atoms with Crippen LogP contribution in [0.15, 0.2) is 24.3 Å². The van der Waals surface area contributed by atoms with Gasteiger partial charge in [-0.25, -0.2) is 0 Å². The van der Waals surface area contributed by atoms with Crippen LogP contribution in [0.5, 0.6) is 0 Å². The second kappa shape index (κ2) is 7.18. The molecule has 1 N–H and O–H groups in total. The lowest BCUT2D eigenvalue weighted by Gasteiger charge is -2.19. The van der Waals surface area contributed by atoms with Crippen molar-refractivity contribution in [1.82, 2.24) is 0 Å². The molecule has 0 heterocycles. The molecular weight excluding hydrogens is 200 g/mol. The van der Waals surface area contributed by atoms with E-state index >= 15 is 0 Å². The van der Waals surface area contributed by atoms with E-state index in [9.17, 15) is 4.79 Å². The average molecular weight is 222 g/mol. The third-order valence-corrected chi connectivity index (χ3v) is 2.34. The molecule has 0 saturated carbocycles. The largest absolute Gasteiger partial charge is 0.400 e. The molecule has 0 aliphatic carbocycles. The molecule has 0 unspecified atom stereocenters. The summed E-state index contributed by atoms with van der Waals surface area (Å²) in [4.78, 5) is 10.3. The van der Waals surface area contributed by atoms with Gasteiger partial charge in [-0.05, 0) is 23.0 Å². The van der Waals surface area contributed by atoms with Crippen LogP contribution < -0.4 is 0 Å². The number of aryl methyl sites for hydroxylation is 1. The van der Waals surface area contributed by atoms with Gasteiger partial charge < -0.3 is 9.90 Å². The van der Waals surface area contributed by atoms with Gasteiger partial charge in [-0.2, -0.15) is 0 Å². The van der Waals surface area contributed by atoms with Gasteiger partial charge in [-0.3, -0.25) is 0 Å². The van der Waals surface area contributed by atoms with Crippen molar-refractivity contribution in [2.75, 3.05) is 7.11 Å². The molecule has 0 fully saturated rings. The monoisotopic (exact) mass is 222 g/mol. The predicted molar refractivity (Wildman–Crippen MR) is 67.7 cm³/mol. The lowest BCUT2D eigenvalue weighted by atomic mass is 9.86. The summed E-state index contributed by atoms with van der Waals surface area (Å²) in [5, 5.41) is 7.00. The van der Waals surface area contributed by atoms with E-state index in [1.165, 1.54) is 11.1 Å². The zero-order valence-electron chi connectivity index (χ0n) is 10.7. The third-order valence-electron chi connectivity index (χ3n) is 2.34. The van der Waals surface area contributed by atoms with Crippen LogP contribution in [0.25, 0.3) is 0 Å². The van der Waals surface area contributed by atoms with E-state index in [-0.39, 0.29) is 5.41 Å². The van der Waals surface area contributed by atoms with Crippen molar-refractivity contribution in [3.8, 4) is 0 Å². The Bertz CT molecular complexity index is 311. The first-order valence-corrected chi connectivity index (χ1v) is 5.52. The Morgan fingerprint density at radius 1 is 1.25 bits per heavy atom. The standard InChI is InChI=1S/C13H18O.CH4O/c1-13(2,3)12-8-4-6-11(10-12)7-5-9-14;1-2/h4,6,8-10H,5,7H2,1-3H3;2H,1H3. The Balaban J connectivity index is 0.00000106. The summed E-state index contributed by atoms with van der Waals surface area (Å²) < 4.78 is 0. The molecule has 0 aliphatic rings. The number of hydrogen-bond donors (Lipinski definition) is 1. The van der Waals surface area contributed by atoms with Gasteiger partial charge in [0.25, 0.3) is 0 Å². The summed E-state index contributed by atoms with van der Waals surface area (Å²) in [6.07, 6.45) is 2.45. The minimum atomic E-state index is 0.192. The van der Waals surface area contributed by atoms with Crippen molar-refractivity contribution in [3.05, 3.63) is 35.4 Å². The predicted octanol–water partition coefficient (Wildman–Crippen LogP) is 2.72. The van der Waals surface area contributed by atoms with Crippen molar-refractivity contribution < 1.29 is 9.90 Å². The lowest BCUT2D eigenvalue weighted by molar-refractivity contribution is -0.107. The van der Waals surface area contributed by atoms with Crippen molar-refractivity contribution in [3.63, 3.8) is 0 Å². The van der Waals surface area contributed by atoms with Crippen LogP contribution >= 0.6 is 0 Å². The van der Waals surface area contributed by atoms with Crippen molar-refractivity contribution >= 4 is 6.29 Å². The number of aliphatic hydroxyl groups excluding tert-OH is 1. The quantitative estimate of drug-likeness (QED) is 0.798. The summed E-state index contributed by atoms with van der Waals surface area (Å²) in [5.41, 5.74) is 2.78. The molecule has 0 saturated heterocycles. The fourth-order valence-corrected chi connectivity index (χ4v) is 1.42. The molecule has 0 radical (unpaired) electrons. The Hall–Kier alpha value is -1.15. The normalized spacial score (nSPS) is 10.3. The van der Waals surface area contributed by atoms with Crippen LogP contribution in [0.2, 0.25) is 0 Å². The Morgan fingerprint density at radius 2 is 1.88 bits per heavy atom. The molecule has 0 bridgehead atoms. The highest BCUT2D eigenvalue weighted by atomic mass is 16.2. The van der Waals surface area contributed by atoms with Crippen LogP contribution in [-0.2, 0) is 16.6 Å². The van der Waals surface area contributed by atoms with Gasteiger partial charge >= 0.3 is 0 Å². The summed E-state index contributed by atoms with van der Waals surface area (Å²) >= 11 is 0. The average Bonchev–Trinajstić information content (AvgIpc) is 2.28. The highest BCUT2D eigenvalue weighted by molar-refractivity contribution is 5.50. The van der Waals surface area contributed by atoms with Crippen LogP contribution in [0.1, 0.15) is 38.3 Å². The minimum absolute atomic E-state index is 0.192. The number of carbonyl (C=O) groups excluding carboxylic acids is 1. The number of aldehydes is 1. The molecule has 1 rings (SSSR count). The highest BCUT2D eigenvalue weighted by Crippen LogP contribution is 2.22. The third kappa shape index (κ3) is 5.08. The zero-order valence-corrected chi connectivity index (χ0v) is 10.7. The van der Waals surface area contributed by atoms with E-state index in [0.717, 1.165) is 19.8 Å². The van der Waals surface area contributed by atoms with Gasteiger partial charge in [-0.1, -0.05) is 45.0 Å². The number of carbonyl (C=O) groups is 1. The van der Waals surface area contributed by atoms with Crippen LogP contribution in [0.3, 0.4) is 0 Å². The number of aliphatic hydroxyl groups is 1. The molecule has 0 aromatic heterocycles. The molecule has 1 aromatic rings. The van der Waals surface area contributed by atoms with Crippen LogP contribution in [0, 0.1) is 0 Å². The molecule has 0 atom stereocenters. The van der Waals surface area contributed by atoms with Gasteiger partial charge in [0, 0.05) is 13.5 Å². The van der Waals surface area contributed by atoms with Gasteiger partial charge in [0.15, 0.2) is 0 Å². The Kier molecular flexibility index (Phi) is 6.66. The van der Waals surface area contributed by atoms with Crippen LogP contribution in [0.4, 0.5) is 0 Å².